The summed E-state index contributed by atoms with van der Waals surface area (Å²) in [5, 5.41) is 6.33. The fourth-order valence-electron chi connectivity index (χ4n) is 3.71. The number of amides is 2. The van der Waals surface area contributed by atoms with E-state index in [1.54, 1.807) is 42.5 Å². The van der Waals surface area contributed by atoms with Crippen LogP contribution in [0.15, 0.2) is 72.9 Å². The highest BCUT2D eigenvalue weighted by molar-refractivity contribution is 6.31. The smallest absolute Gasteiger partial charge is 0.417 e. The van der Waals surface area contributed by atoms with Crippen LogP contribution in [0.3, 0.4) is 0 Å². The molecule has 1 heterocycles. The topological polar surface area (TPSA) is 80.3 Å². The maximum Gasteiger partial charge on any atom is 0.417 e. The lowest BCUT2D eigenvalue weighted by Crippen LogP contribution is -2.14. The first-order valence-corrected chi connectivity index (χ1v) is 11.7. The summed E-state index contributed by atoms with van der Waals surface area (Å²) in [7, 11) is 0. The van der Waals surface area contributed by atoms with Crippen LogP contribution in [0.5, 0.6) is 11.5 Å². The fraction of sp³-hybridized carbons (Fsp3) is 0.179. The number of hydrogen-bond donors (Lipinski definition) is 2. The minimum atomic E-state index is -4.64. The second kappa shape index (κ2) is 10.7. The zero-order valence-electron chi connectivity index (χ0n) is 19.1. The zero-order chi connectivity index (χ0) is 26.2. The van der Waals surface area contributed by atoms with Gasteiger partial charge in [0.2, 0.25) is 5.91 Å². The largest absolute Gasteiger partial charge is 0.457 e. The molecule has 196 valence electrons. The first-order chi connectivity index (χ1) is 17.7. The van der Waals surface area contributed by atoms with Crippen LogP contribution in [-0.2, 0) is 11.0 Å². The van der Waals surface area contributed by atoms with Gasteiger partial charge in [0, 0.05) is 29.4 Å². The minimum Gasteiger partial charge on any atom is -0.457 e. The van der Waals surface area contributed by atoms with Gasteiger partial charge in [0.1, 0.15) is 17.3 Å². The quantitative estimate of drug-likeness (QED) is 0.260. The summed E-state index contributed by atoms with van der Waals surface area (Å²) in [6.07, 6.45) is -1.35. The van der Waals surface area contributed by atoms with Crippen LogP contribution >= 0.6 is 11.6 Å². The van der Waals surface area contributed by atoms with Crippen molar-refractivity contribution in [3.05, 3.63) is 89.1 Å². The van der Waals surface area contributed by atoms with Crippen molar-refractivity contribution in [2.75, 3.05) is 10.6 Å². The summed E-state index contributed by atoms with van der Waals surface area (Å²) in [5.41, 5.74) is -0.804. The van der Waals surface area contributed by atoms with Crippen molar-refractivity contribution in [2.45, 2.75) is 26.4 Å². The van der Waals surface area contributed by atoms with Crippen LogP contribution in [0.2, 0.25) is 5.02 Å². The third-order valence-electron chi connectivity index (χ3n) is 5.77. The second-order valence-corrected chi connectivity index (χ2v) is 9.02. The predicted octanol–water partition coefficient (Wildman–Crippen LogP) is 7.94. The summed E-state index contributed by atoms with van der Waals surface area (Å²) in [4.78, 5) is 28.9. The maximum atomic E-state index is 13.1. The number of alkyl halides is 3. The molecular formula is C28H23ClF3N3O3. The van der Waals surface area contributed by atoms with E-state index in [2.05, 4.69) is 15.6 Å². The molecule has 2 amide bonds. The third-order valence-corrected chi connectivity index (χ3v) is 6.10. The van der Waals surface area contributed by atoms with Crippen molar-refractivity contribution >= 4 is 45.7 Å². The van der Waals surface area contributed by atoms with Crippen LogP contribution in [0.25, 0.3) is 10.8 Å². The van der Waals surface area contributed by atoms with Crippen LogP contribution in [0.1, 0.15) is 36.2 Å². The van der Waals surface area contributed by atoms with Crippen LogP contribution in [0.4, 0.5) is 24.7 Å². The van der Waals surface area contributed by atoms with E-state index in [4.69, 9.17) is 16.3 Å². The van der Waals surface area contributed by atoms with E-state index < -0.39 is 22.7 Å². The molecule has 0 bridgehead atoms. The molecule has 1 aliphatic rings. The Morgan fingerprint density at radius 3 is 2.37 bits per heavy atom. The predicted molar refractivity (Wildman–Crippen MR) is 141 cm³/mol. The number of ether oxygens (including phenoxy) is 1. The van der Waals surface area contributed by atoms with Crippen molar-refractivity contribution in [3.8, 4) is 11.5 Å². The van der Waals surface area contributed by atoms with Gasteiger partial charge in [-0.15, -0.1) is 0 Å². The lowest BCUT2D eigenvalue weighted by atomic mass is 10.1. The molecule has 0 atom stereocenters. The van der Waals surface area contributed by atoms with Crippen LogP contribution in [0, 0.1) is 5.92 Å². The highest BCUT2D eigenvalue weighted by Gasteiger charge is 2.33. The number of pyridine rings is 1. The lowest BCUT2D eigenvalue weighted by molar-refractivity contribution is -0.137. The molecular weight excluding hydrogens is 519 g/mol. The Bertz CT molecular complexity index is 1520. The van der Waals surface area contributed by atoms with Crippen molar-refractivity contribution in [3.63, 3.8) is 0 Å². The standard InChI is InChI=1S/C27H19ClF3N3O3.CH4/c28-23-8-6-19(13-22(23)27(29,30)31)33-26(36)17-4-1-15-5-7-20(12-18(15)11-17)37-21-9-10-32-24(14-21)34-25(35)16-2-3-16;/h1,4-14,16H,2-3H2,(H,33,36)(H,32,34,35);1H4. The molecule has 6 nitrogen and oxygen atoms in total. The minimum absolute atomic E-state index is 0. The van der Waals surface area contributed by atoms with Gasteiger partial charge in [0.25, 0.3) is 5.91 Å². The fourth-order valence-corrected chi connectivity index (χ4v) is 3.93. The van der Waals surface area contributed by atoms with Gasteiger partial charge < -0.3 is 15.4 Å². The van der Waals surface area contributed by atoms with Gasteiger partial charge in [0.15, 0.2) is 0 Å². The Kier molecular flexibility index (Phi) is 7.59. The van der Waals surface area contributed by atoms with Crippen molar-refractivity contribution in [1.29, 1.82) is 0 Å². The Labute approximate surface area is 221 Å². The molecule has 2 N–H and O–H groups in total. The van der Waals surface area contributed by atoms with E-state index in [0.717, 1.165) is 30.4 Å². The van der Waals surface area contributed by atoms with Gasteiger partial charge in [-0.1, -0.05) is 31.2 Å². The number of anilines is 2. The number of aromatic nitrogens is 1. The Morgan fingerprint density at radius 2 is 1.63 bits per heavy atom. The summed E-state index contributed by atoms with van der Waals surface area (Å²) in [6.45, 7) is 0. The molecule has 5 rings (SSSR count). The van der Waals surface area contributed by atoms with E-state index in [9.17, 15) is 22.8 Å². The summed E-state index contributed by atoms with van der Waals surface area (Å²) in [5.74, 6) is 0.763. The van der Waals surface area contributed by atoms with Gasteiger partial charge in [0.05, 0.1) is 10.6 Å². The molecule has 3 aromatic carbocycles. The zero-order valence-corrected chi connectivity index (χ0v) is 19.9. The average molecular weight is 542 g/mol. The molecule has 0 spiro atoms. The van der Waals surface area contributed by atoms with Crippen molar-refractivity contribution in [1.82, 2.24) is 4.98 Å². The first-order valence-electron chi connectivity index (χ1n) is 11.3. The second-order valence-electron chi connectivity index (χ2n) is 8.61. The Balaban J connectivity index is 0.00000336. The van der Waals surface area contributed by atoms with E-state index in [1.165, 1.54) is 12.3 Å². The Hall–Kier alpha value is -4.11. The van der Waals surface area contributed by atoms with Gasteiger partial charge in [-0.2, -0.15) is 13.2 Å². The van der Waals surface area contributed by atoms with E-state index >= 15 is 0 Å². The molecule has 1 aliphatic carbocycles. The monoisotopic (exact) mass is 541 g/mol. The SMILES string of the molecule is C.O=C(Nc1ccc(Cl)c(C(F)(F)F)c1)c1ccc2ccc(Oc3ccnc(NC(=O)C4CC4)c3)cc2c1. The number of nitrogens with zero attached hydrogens (tertiary/aromatic N) is 1. The summed E-state index contributed by atoms with van der Waals surface area (Å²) in [6, 6.07) is 16.7. The lowest BCUT2D eigenvalue weighted by Gasteiger charge is -2.12. The molecule has 10 heteroatoms. The number of nitrogens with one attached hydrogen (secondary N) is 2. The van der Waals surface area contributed by atoms with Crippen molar-refractivity contribution < 1.29 is 27.5 Å². The summed E-state index contributed by atoms with van der Waals surface area (Å²) < 4.78 is 45.3. The molecule has 1 fully saturated rings. The Morgan fingerprint density at radius 1 is 0.895 bits per heavy atom. The molecule has 38 heavy (non-hydrogen) atoms. The summed E-state index contributed by atoms with van der Waals surface area (Å²) >= 11 is 5.65. The number of hydrogen-bond acceptors (Lipinski definition) is 4. The van der Waals surface area contributed by atoms with Gasteiger partial charge in [-0.3, -0.25) is 9.59 Å². The molecule has 0 unspecified atom stereocenters. The average Bonchev–Trinajstić information content (AvgIpc) is 3.70. The number of benzene rings is 3. The molecule has 0 aliphatic heterocycles. The number of carbonyl (C=O) groups excluding carboxylic acids is 2. The number of fused-ring (bicyclic) bond motifs is 1. The molecule has 4 aromatic rings. The van der Waals surface area contributed by atoms with Gasteiger partial charge in [-0.05, 0) is 72.1 Å². The molecule has 0 saturated heterocycles. The molecule has 1 aromatic heterocycles. The van der Waals surface area contributed by atoms with Crippen LogP contribution < -0.4 is 15.4 Å². The highest BCUT2D eigenvalue weighted by Crippen LogP contribution is 2.36. The van der Waals surface area contributed by atoms with Gasteiger partial charge in [-0.25, -0.2) is 4.98 Å². The normalized spacial score (nSPS) is 12.9. The van der Waals surface area contributed by atoms with E-state index in [-0.39, 0.29) is 30.5 Å². The molecule has 0 radical (unpaired) electrons. The van der Waals surface area contributed by atoms with Crippen LogP contribution in [-0.4, -0.2) is 16.8 Å². The number of rotatable bonds is 6. The van der Waals surface area contributed by atoms with E-state index in [0.29, 0.717) is 22.7 Å². The number of halogens is 4. The third kappa shape index (κ3) is 6.23. The van der Waals surface area contributed by atoms with Crippen molar-refractivity contribution in [2.24, 2.45) is 5.92 Å². The number of carbonyl (C=O) groups is 2. The highest BCUT2D eigenvalue weighted by atomic mass is 35.5. The van der Waals surface area contributed by atoms with E-state index in [1.807, 2.05) is 6.07 Å². The first kappa shape index (κ1) is 26.9. The molecule has 1 saturated carbocycles. The maximum absolute atomic E-state index is 13.1. The van der Waals surface area contributed by atoms with Gasteiger partial charge >= 0.3 is 6.18 Å².